The van der Waals surface area contributed by atoms with Crippen LogP contribution >= 0.6 is 11.3 Å². The van der Waals surface area contributed by atoms with Crippen LogP contribution in [-0.4, -0.2) is 94.7 Å². The SMILES string of the molecule is CC(NC(=O)[C@H](C)NC(=O)CNc1ncc(C=O)s1)C(=O)N[C@@H](C)C(=O)N[C@@H](Cc1ccc(O)cc1)C(=O)NCC(=O)OC(C)(C)C. The summed E-state index contributed by atoms with van der Waals surface area (Å²) >= 11 is 1.06. The summed E-state index contributed by atoms with van der Waals surface area (Å²) < 4.78 is 5.20. The molecule has 0 spiro atoms. The summed E-state index contributed by atoms with van der Waals surface area (Å²) in [7, 11) is 0. The third-order valence-corrected chi connectivity index (χ3v) is 7.03. The van der Waals surface area contributed by atoms with Gasteiger partial charge in [-0.05, 0) is 59.2 Å². The number of nitrogens with one attached hydrogen (secondary N) is 6. The van der Waals surface area contributed by atoms with E-state index in [-0.39, 0.29) is 18.7 Å². The molecule has 1 aromatic carbocycles. The van der Waals surface area contributed by atoms with Crippen LogP contribution in [0.3, 0.4) is 0 Å². The maximum absolute atomic E-state index is 13.0. The zero-order valence-corrected chi connectivity index (χ0v) is 27.8. The van der Waals surface area contributed by atoms with Crippen LogP contribution in [0.5, 0.6) is 5.75 Å². The summed E-state index contributed by atoms with van der Waals surface area (Å²) in [6.45, 7) is 8.58. The number of hydrogen-bond donors (Lipinski definition) is 7. The molecule has 7 N–H and O–H groups in total. The van der Waals surface area contributed by atoms with Crippen molar-refractivity contribution in [3.63, 3.8) is 0 Å². The van der Waals surface area contributed by atoms with E-state index in [9.17, 15) is 38.7 Å². The van der Waals surface area contributed by atoms with Crippen molar-refractivity contribution >= 4 is 58.3 Å². The Morgan fingerprint density at radius 1 is 0.851 bits per heavy atom. The molecule has 0 fully saturated rings. The number of ether oxygens (including phenoxy) is 1. The Balaban J connectivity index is 1.91. The number of rotatable bonds is 16. The van der Waals surface area contributed by atoms with E-state index in [0.29, 0.717) is 21.9 Å². The van der Waals surface area contributed by atoms with Crippen molar-refractivity contribution in [2.75, 3.05) is 18.4 Å². The van der Waals surface area contributed by atoms with Gasteiger partial charge in [-0.1, -0.05) is 23.5 Å². The van der Waals surface area contributed by atoms with Crippen LogP contribution in [0.15, 0.2) is 30.5 Å². The maximum atomic E-state index is 13.0. The zero-order chi connectivity index (χ0) is 35.3. The molecule has 2 rings (SSSR count). The topological polar surface area (TPSA) is 234 Å². The van der Waals surface area contributed by atoms with Crippen molar-refractivity contribution in [2.45, 2.75) is 77.7 Å². The van der Waals surface area contributed by atoms with Gasteiger partial charge >= 0.3 is 5.97 Å². The molecule has 0 aliphatic rings. The van der Waals surface area contributed by atoms with Crippen LogP contribution in [0.2, 0.25) is 0 Å². The van der Waals surface area contributed by atoms with Gasteiger partial charge in [-0.15, -0.1) is 0 Å². The second-order valence-corrected chi connectivity index (χ2v) is 12.6. The normalized spacial score (nSPS) is 13.5. The van der Waals surface area contributed by atoms with Crippen LogP contribution < -0.4 is 31.9 Å². The molecule has 0 aliphatic carbocycles. The molecule has 1 unspecified atom stereocenters. The van der Waals surface area contributed by atoms with Gasteiger partial charge in [0.15, 0.2) is 11.4 Å². The van der Waals surface area contributed by atoms with E-state index in [1.54, 1.807) is 32.9 Å². The molecule has 2 aromatic rings. The van der Waals surface area contributed by atoms with E-state index in [0.717, 1.165) is 11.3 Å². The van der Waals surface area contributed by atoms with Crippen LogP contribution in [0.1, 0.15) is 56.8 Å². The monoisotopic (exact) mass is 675 g/mol. The number of esters is 1. The summed E-state index contributed by atoms with van der Waals surface area (Å²) in [6, 6.07) is 1.56. The molecular formula is C30H41N7O9S. The second kappa shape index (κ2) is 17.6. The van der Waals surface area contributed by atoms with Crippen molar-refractivity contribution in [3.8, 4) is 5.75 Å². The van der Waals surface area contributed by atoms with E-state index in [1.165, 1.54) is 39.1 Å². The molecule has 0 bridgehead atoms. The van der Waals surface area contributed by atoms with Gasteiger partial charge in [0, 0.05) is 6.42 Å². The number of amides is 5. The quantitative estimate of drug-likeness (QED) is 0.0907. The fraction of sp³-hybridized carbons (Fsp3) is 0.467. The number of phenols is 1. The molecule has 0 aliphatic heterocycles. The first-order valence-corrected chi connectivity index (χ1v) is 15.4. The first-order valence-electron chi connectivity index (χ1n) is 14.6. The van der Waals surface area contributed by atoms with Crippen LogP contribution in [0, 0.1) is 0 Å². The minimum absolute atomic E-state index is 0.00203. The summed E-state index contributed by atoms with van der Waals surface area (Å²) in [5, 5.41) is 25.1. The van der Waals surface area contributed by atoms with Crippen molar-refractivity contribution in [1.82, 2.24) is 31.6 Å². The van der Waals surface area contributed by atoms with Crippen molar-refractivity contribution in [2.24, 2.45) is 0 Å². The average Bonchev–Trinajstić information content (AvgIpc) is 3.46. The minimum atomic E-state index is -1.16. The molecule has 17 heteroatoms. The number of aromatic hydroxyl groups is 1. The number of benzene rings is 1. The minimum Gasteiger partial charge on any atom is -0.508 e. The third kappa shape index (κ3) is 13.9. The van der Waals surface area contributed by atoms with E-state index < -0.39 is 71.8 Å². The van der Waals surface area contributed by atoms with Gasteiger partial charge in [-0.2, -0.15) is 0 Å². The standard InChI is InChI=1S/C30H41N7O9S/c1-16(34-23(40)13-33-29-32-12-21(15-38)47-29)25(42)35-17(2)26(43)36-18(3)27(44)37-22(11-19-7-9-20(39)10-8-19)28(45)31-14-24(41)46-30(4,5)6/h7-10,12,15-18,22,39H,11,13-14H2,1-6H3,(H,31,45)(H,32,33)(H,34,40)(H,35,42)(H,36,43)(H,37,44)/t16-,17?,18-,22-/m0/s1. The summed E-state index contributed by atoms with van der Waals surface area (Å²) in [5.74, 6) is -3.97. The Morgan fingerprint density at radius 3 is 1.94 bits per heavy atom. The fourth-order valence-corrected chi connectivity index (χ4v) is 4.40. The van der Waals surface area contributed by atoms with Gasteiger partial charge < -0.3 is 41.7 Å². The van der Waals surface area contributed by atoms with Gasteiger partial charge in [-0.25, -0.2) is 4.98 Å². The Morgan fingerprint density at radius 2 is 1.40 bits per heavy atom. The highest BCUT2D eigenvalue weighted by molar-refractivity contribution is 7.17. The van der Waals surface area contributed by atoms with Crippen LogP contribution in [-0.2, 0) is 39.9 Å². The molecule has 16 nitrogen and oxygen atoms in total. The van der Waals surface area contributed by atoms with Crippen molar-refractivity contribution in [1.29, 1.82) is 0 Å². The Hall–Kier alpha value is -5.06. The average molecular weight is 676 g/mol. The van der Waals surface area contributed by atoms with Gasteiger partial charge in [0.1, 0.15) is 42.1 Å². The van der Waals surface area contributed by atoms with E-state index in [1.807, 2.05) is 0 Å². The van der Waals surface area contributed by atoms with Crippen molar-refractivity contribution < 1.29 is 43.4 Å². The maximum Gasteiger partial charge on any atom is 0.325 e. The number of phenolic OH excluding ortho intramolecular Hbond substituents is 1. The summed E-state index contributed by atoms with van der Waals surface area (Å²) in [5.41, 5.74) is -0.165. The predicted octanol–water partition coefficient (Wildman–Crippen LogP) is -0.227. The molecule has 47 heavy (non-hydrogen) atoms. The largest absolute Gasteiger partial charge is 0.508 e. The van der Waals surface area contributed by atoms with E-state index in [4.69, 9.17) is 4.74 Å². The molecule has 4 atom stereocenters. The highest BCUT2D eigenvalue weighted by Gasteiger charge is 2.28. The molecule has 0 radical (unpaired) electrons. The predicted molar refractivity (Wildman–Crippen MR) is 171 cm³/mol. The molecule has 1 heterocycles. The van der Waals surface area contributed by atoms with E-state index in [2.05, 4.69) is 36.9 Å². The number of carbonyl (C=O) groups is 7. The fourth-order valence-electron chi connectivity index (χ4n) is 3.78. The van der Waals surface area contributed by atoms with Gasteiger partial charge in [0.2, 0.25) is 29.5 Å². The van der Waals surface area contributed by atoms with Gasteiger partial charge in [-0.3, -0.25) is 33.6 Å². The lowest BCUT2D eigenvalue weighted by Gasteiger charge is -2.23. The number of aromatic nitrogens is 1. The lowest BCUT2D eigenvalue weighted by atomic mass is 10.0. The Bertz CT molecular complexity index is 1440. The van der Waals surface area contributed by atoms with Gasteiger partial charge in [0.25, 0.3) is 0 Å². The molecule has 256 valence electrons. The molecule has 5 amide bonds. The highest BCUT2D eigenvalue weighted by Crippen LogP contribution is 2.15. The number of aldehydes is 1. The Labute approximate surface area is 275 Å². The molecule has 0 saturated heterocycles. The third-order valence-electron chi connectivity index (χ3n) is 6.15. The van der Waals surface area contributed by atoms with Crippen LogP contribution in [0.4, 0.5) is 5.13 Å². The summed E-state index contributed by atoms with van der Waals surface area (Å²) in [4.78, 5) is 90.8. The second-order valence-electron chi connectivity index (χ2n) is 11.5. The number of hydrogen-bond acceptors (Lipinski definition) is 12. The molecular weight excluding hydrogens is 634 g/mol. The van der Waals surface area contributed by atoms with Gasteiger partial charge in [0.05, 0.1) is 17.6 Å². The number of thiazole rings is 1. The molecule has 0 saturated carbocycles. The van der Waals surface area contributed by atoms with Crippen LogP contribution in [0.25, 0.3) is 0 Å². The van der Waals surface area contributed by atoms with Crippen molar-refractivity contribution in [3.05, 3.63) is 40.9 Å². The van der Waals surface area contributed by atoms with E-state index >= 15 is 0 Å². The summed E-state index contributed by atoms with van der Waals surface area (Å²) in [6.07, 6.45) is 1.99. The highest BCUT2D eigenvalue weighted by atomic mass is 32.1. The lowest BCUT2D eigenvalue weighted by Crippen LogP contribution is -2.57. The number of nitrogens with zero attached hydrogens (tertiary/aromatic N) is 1. The number of anilines is 1. The first-order chi connectivity index (χ1) is 22.0. The first kappa shape index (κ1) is 38.1. The zero-order valence-electron chi connectivity index (χ0n) is 27.0. The number of carbonyl (C=O) groups excluding carboxylic acids is 7. The Kier molecular flexibility index (Phi) is 14.3. The lowest BCUT2D eigenvalue weighted by molar-refractivity contribution is -0.154. The smallest absolute Gasteiger partial charge is 0.325 e. The molecule has 1 aromatic heterocycles.